The minimum atomic E-state index is 0.0455. The highest BCUT2D eigenvalue weighted by molar-refractivity contribution is 5.76. The number of likely N-dealkylation sites (tertiary alicyclic amines) is 2. The molecule has 24 heavy (non-hydrogen) atoms. The Morgan fingerprint density at radius 2 is 1.50 bits per heavy atom. The fourth-order valence-electron chi connectivity index (χ4n) is 4.90. The molecular weight excluding hydrogens is 302 g/mol. The fraction of sp³-hybridized carbons (Fsp3) is 0.895. The van der Waals surface area contributed by atoms with E-state index in [1.807, 2.05) is 4.90 Å². The van der Waals surface area contributed by atoms with Gasteiger partial charge in [-0.15, -0.1) is 0 Å². The Balaban J connectivity index is 1.42. The molecule has 1 atom stereocenters. The lowest BCUT2D eigenvalue weighted by molar-refractivity contribution is -0.131. The molecule has 2 aliphatic heterocycles. The molecule has 3 rings (SSSR count). The molecule has 0 aromatic heterocycles. The van der Waals surface area contributed by atoms with E-state index in [1.165, 1.54) is 32.1 Å². The Kier molecular flexibility index (Phi) is 6.01. The summed E-state index contributed by atoms with van der Waals surface area (Å²) in [5.41, 5.74) is 0. The average Bonchev–Trinajstić information content (AvgIpc) is 3.12. The Labute approximate surface area is 146 Å². The molecular formula is C19H33N3O2. The Hall–Kier alpha value is -1.26. The molecule has 136 valence electrons. The summed E-state index contributed by atoms with van der Waals surface area (Å²) in [5, 5.41) is 2.71. The summed E-state index contributed by atoms with van der Waals surface area (Å²) < 4.78 is 0. The second-order valence-corrected chi connectivity index (χ2v) is 7.98. The molecule has 3 fully saturated rings. The minimum Gasteiger partial charge on any atom is -0.342 e. The van der Waals surface area contributed by atoms with Gasteiger partial charge in [0.25, 0.3) is 0 Å². The van der Waals surface area contributed by atoms with Gasteiger partial charge in [-0.1, -0.05) is 19.3 Å². The zero-order chi connectivity index (χ0) is 16.9. The number of urea groups is 1. The van der Waals surface area contributed by atoms with Crippen LogP contribution in [-0.2, 0) is 4.79 Å². The van der Waals surface area contributed by atoms with E-state index in [4.69, 9.17) is 0 Å². The summed E-state index contributed by atoms with van der Waals surface area (Å²) in [7, 11) is 1.70. The maximum Gasteiger partial charge on any atom is 0.317 e. The van der Waals surface area contributed by atoms with Gasteiger partial charge in [-0.05, 0) is 49.9 Å². The second-order valence-electron chi connectivity index (χ2n) is 7.98. The highest BCUT2D eigenvalue weighted by Gasteiger charge is 2.34. The predicted octanol–water partition coefficient (Wildman–Crippen LogP) is 2.86. The van der Waals surface area contributed by atoms with Crippen molar-refractivity contribution in [3.8, 4) is 0 Å². The molecule has 0 bridgehead atoms. The molecule has 0 aromatic rings. The molecule has 1 N–H and O–H groups in total. The van der Waals surface area contributed by atoms with Gasteiger partial charge in [0.2, 0.25) is 5.91 Å². The molecule has 1 unspecified atom stereocenters. The first-order valence-electron chi connectivity index (χ1n) is 9.91. The van der Waals surface area contributed by atoms with Gasteiger partial charge in [0.05, 0.1) is 0 Å². The molecule has 3 amide bonds. The lowest BCUT2D eigenvalue weighted by Gasteiger charge is -2.34. The van der Waals surface area contributed by atoms with Gasteiger partial charge in [-0.2, -0.15) is 0 Å². The summed E-state index contributed by atoms with van der Waals surface area (Å²) in [6, 6.07) is 0.0455. The predicted molar refractivity (Wildman–Crippen MR) is 94.6 cm³/mol. The number of hydrogen-bond donors (Lipinski definition) is 1. The quantitative estimate of drug-likeness (QED) is 0.862. The van der Waals surface area contributed by atoms with Gasteiger partial charge >= 0.3 is 6.03 Å². The van der Waals surface area contributed by atoms with Gasteiger partial charge in [-0.3, -0.25) is 4.79 Å². The van der Waals surface area contributed by atoms with Crippen LogP contribution in [0.1, 0.15) is 57.8 Å². The van der Waals surface area contributed by atoms with E-state index >= 15 is 0 Å². The molecule has 0 aromatic carbocycles. The fourth-order valence-corrected chi connectivity index (χ4v) is 4.90. The van der Waals surface area contributed by atoms with E-state index in [-0.39, 0.29) is 6.03 Å². The highest BCUT2D eigenvalue weighted by atomic mass is 16.2. The highest BCUT2D eigenvalue weighted by Crippen LogP contribution is 2.33. The van der Waals surface area contributed by atoms with E-state index < -0.39 is 0 Å². The second kappa shape index (κ2) is 8.21. The van der Waals surface area contributed by atoms with Crippen molar-refractivity contribution in [2.24, 2.45) is 17.8 Å². The first-order chi connectivity index (χ1) is 11.7. The van der Waals surface area contributed by atoms with Gasteiger partial charge in [0.1, 0.15) is 0 Å². The zero-order valence-electron chi connectivity index (χ0n) is 15.1. The number of rotatable bonds is 3. The first kappa shape index (κ1) is 17.6. The lowest BCUT2D eigenvalue weighted by Crippen LogP contribution is -2.44. The van der Waals surface area contributed by atoms with Crippen LogP contribution in [0.2, 0.25) is 0 Å². The number of hydrogen-bond acceptors (Lipinski definition) is 2. The third-order valence-corrected chi connectivity index (χ3v) is 6.47. The van der Waals surface area contributed by atoms with E-state index in [2.05, 4.69) is 10.2 Å². The molecule has 1 aliphatic carbocycles. The smallest absolute Gasteiger partial charge is 0.317 e. The molecule has 2 heterocycles. The topological polar surface area (TPSA) is 52.7 Å². The zero-order valence-corrected chi connectivity index (χ0v) is 15.1. The maximum absolute atomic E-state index is 12.6. The van der Waals surface area contributed by atoms with Crippen molar-refractivity contribution in [2.75, 3.05) is 33.2 Å². The Bertz CT molecular complexity index is 440. The van der Waals surface area contributed by atoms with Gasteiger partial charge in [0.15, 0.2) is 0 Å². The number of carbonyl (C=O) groups is 2. The number of nitrogens with one attached hydrogen (secondary N) is 1. The molecule has 5 heteroatoms. The van der Waals surface area contributed by atoms with Crippen molar-refractivity contribution in [3.05, 3.63) is 0 Å². The van der Waals surface area contributed by atoms with Crippen LogP contribution in [0.4, 0.5) is 4.79 Å². The largest absolute Gasteiger partial charge is 0.342 e. The van der Waals surface area contributed by atoms with E-state index in [1.54, 1.807) is 7.05 Å². The van der Waals surface area contributed by atoms with Crippen molar-refractivity contribution < 1.29 is 9.59 Å². The summed E-state index contributed by atoms with van der Waals surface area (Å²) in [6.45, 7) is 3.62. The van der Waals surface area contributed by atoms with Crippen LogP contribution in [0, 0.1) is 17.8 Å². The number of amides is 3. The molecule has 5 nitrogen and oxygen atoms in total. The molecule has 3 aliphatic rings. The molecule has 0 spiro atoms. The SMILES string of the molecule is CNC(=O)N1CCC(C2CCN(C(=O)CC3CCCCC3)C2)CC1. The van der Waals surface area contributed by atoms with Crippen molar-refractivity contribution in [3.63, 3.8) is 0 Å². The normalized spacial score (nSPS) is 26.6. The van der Waals surface area contributed by atoms with Crippen LogP contribution in [0.15, 0.2) is 0 Å². The number of carbonyl (C=O) groups excluding carboxylic acids is 2. The number of piperidine rings is 1. The van der Waals surface area contributed by atoms with E-state index in [0.29, 0.717) is 23.7 Å². The monoisotopic (exact) mass is 335 g/mol. The van der Waals surface area contributed by atoms with Crippen LogP contribution < -0.4 is 5.32 Å². The summed E-state index contributed by atoms with van der Waals surface area (Å²) >= 11 is 0. The standard InChI is InChI=1S/C19H33N3O2/c1-20-19(24)21-10-7-16(8-11-21)17-9-12-22(14-17)18(23)13-15-5-3-2-4-6-15/h15-17H,2-14H2,1H3,(H,20,24). The molecule has 2 saturated heterocycles. The van der Waals surface area contributed by atoms with Crippen molar-refractivity contribution in [1.29, 1.82) is 0 Å². The van der Waals surface area contributed by atoms with Crippen LogP contribution in [0.25, 0.3) is 0 Å². The minimum absolute atomic E-state index is 0.0455. The van der Waals surface area contributed by atoms with Crippen molar-refractivity contribution >= 4 is 11.9 Å². The summed E-state index contributed by atoms with van der Waals surface area (Å²) in [5.74, 6) is 2.36. The third-order valence-electron chi connectivity index (χ3n) is 6.47. The Morgan fingerprint density at radius 3 is 2.17 bits per heavy atom. The van der Waals surface area contributed by atoms with Crippen molar-refractivity contribution in [1.82, 2.24) is 15.1 Å². The van der Waals surface area contributed by atoms with Crippen LogP contribution in [0.3, 0.4) is 0 Å². The van der Waals surface area contributed by atoms with Gasteiger partial charge < -0.3 is 15.1 Å². The summed E-state index contributed by atoms with van der Waals surface area (Å²) in [6.07, 6.45) is 10.6. The van der Waals surface area contributed by atoms with Crippen LogP contribution in [-0.4, -0.2) is 55.0 Å². The van der Waals surface area contributed by atoms with Crippen LogP contribution in [0.5, 0.6) is 0 Å². The number of nitrogens with zero attached hydrogens (tertiary/aromatic N) is 2. The summed E-state index contributed by atoms with van der Waals surface area (Å²) in [4.78, 5) is 28.3. The average molecular weight is 335 g/mol. The van der Waals surface area contributed by atoms with E-state index in [0.717, 1.165) is 51.9 Å². The molecule has 1 saturated carbocycles. The van der Waals surface area contributed by atoms with Gasteiger partial charge in [0, 0.05) is 39.6 Å². The van der Waals surface area contributed by atoms with Gasteiger partial charge in [-0.25, -0.2) is 4.79 Å². The molecule has 0 radical (unpaired) electrons. The Morgan fingerprint density at radius 1 is 0.875 bits per heavy atom. The third kappa shape index (κ3) is 4.22. The maximum atomic E-state index is 12.6. The van der Waals surface area contributed by atoms with Crippen molar-refractivity contribution in [2.45, 2.75) is 57.8 Å². The lowest BCUT2D eigenvalue weighted by atomic mass is 9.84. The first-order valence-corrected chi connectivity index (χ1v) is 9.91. The van der Waals surface area contributed by atoms with E-state index in [9.17, 15) is 9.59 Å². The van der Waals surface area contributed by atoms with Crippen LogP contribution >= 0.6 is 0 Å².